The summed E-state index contributed by atoms with van der Waals surface area (Å²) in [6.07, 6.45) is 3.72. The molecule has 3 aliphatic rings. The van der Waals surface area contributed by atoms with Crippen molar-refractivity contribution >= 4 is 61.8 Å². The number of para-hydroxylation sites is 1. The Morgan fingerprint density at radius 3 is 2.33 bits per heavy atom. The second-order valence-electron chi connectivity index (χ2n) is 17.2. The van der Waals surface area contributed by atoms with E-state index in [1.54, 1.807) is 41.3 Å². The molecule has 4 N–H and O–H groups in total. The molecular weight excluding hydrogens is 951 g/mol. The Hall–Kier alpha value is -7.34. The van der Waals surface area contributed by atoms with Crippen LogP contribution in [0.15, 0.2) is 108 Å². The number of piperidine rings is 1. The molecule has 2 aromatic heterocycles. The summed E-state index contributed by atoms with van der Waals surface area (Å²) in [5.74, 6) is -2.69. The van der Waals surface area contributed by atoms with E-state index in [2.05, 4.69) is 35.6 Å². The van der Waals surface area contributed by atoms with Gasteiger partial charge in [0.1, 0.15) is 30.1 Å². The van der Waals surface area contributed by atoms with Crippen molar-refractivity contribution in [2.45, 2.75) is 49.4 Å². The van der Waals surface area contributed by atoms with Crippen LogP contribution in [0.1, 0.15) is 50.4 Å². The summed E-state index contributed by atoms with van der Waals surface area (Å²) in [4.78, 5) is 70.4. The summed E-state index contributed by atoms with van der Waals surface area (Å²) in [5.41, 5.74) is 4.79. The molecule has 2 atom stereocenters. The van der Waals surface area contributed by atoms with Gasteiger partial charge in [-0.1, -0.05) is 41.6 Å². The van der Waals surface area contributed by atoms with Crippen molar-refractivity contribution < 1.29 is 56.1 Å². The number of hydrogen-bond acceptors (Lipinski definition) is 15. The van der Waals surface area contributed by atoms with Crippen molar-refractivity contribution in [3.05, 3.63) is 131 Å². The summed E-state index contributed by atoms with van der Waals surface area (Å²) in [5, 5.41) is 14.3. The van der Waals surface area contributed by atoms with E-state index in [4.69, 9.17) is 23.7 Å². The zero-order valence-corrected chi connectivity index (χ0v) is 39.9. The minimum atomic E-state index is -4.15. The SMILES string of the molecule is O=C1CCC(N2C(=O)c3cccc(OCCOCCOCCOCc4cn(Cc5ccc(S(=O)(=O)NC(Cc6c[nH]c7ccccc67)C(=O)Nc6ccc(N7CCOCC7)cc6)cc5)nn4)c3C2=O)C(=O)N1. The summed E-state index contributed by atoms with van der Waals surface area (Å²) >= 11 is 0. The molecule has 21 nitrogen and oxygen atoms in total. The minimum Gasteiger partial charge on any atom is -0.490 e. The molecule has 5 amide bonds. The van der Waals surface area contributed by atoms with Crippen LogP contribution in [0, 0.1) is 0 Å². The third-order valence-electron chi connectivity index (χ3n) is 12.3. The standard InChI is InChI=1S/C50H53N9O12S/c60-45-17-16-43(48(62)53-45)59-49(63)40-5-3-7-44(46(40)50(59)64)71-27-26-69-23-22-68-24-25-70-32-36-31-58(56-54-36)30-33-8-14-38(15-9-33)72(65,66)55-42(28-34-29-51-41-6-2-1-4-39(34)41)47(61)52-35-10-12-37(13-11-35)57-18-20-67-21-19-57/h1-15,29,31,42-43,51,55H,16-28,30,32H2,(H,52,61)(H,53,60,62). The van der Waals surface area contributed by atoms with E-state index in [0.29, 0.717) is 37.7 Å². The molecule has 0 radical (unpaired) electrons. The van der Waals surface area contributed by atoms with E-state index in [1.807, 2.05) is 48.5 Å². The lowest BCUT2D eigenvalue weighted by Crippen LogP contribution is -2.54. The lowest BCUT2D eigenvalue weighted by molar-refractivity contribution is -0.136. The van der Waals surface area contributed by atoms with Gasteiger partial charge in [-0.15, -0.1) is 5.10 Å². The number of aromatic amines is 1. The highest BCUT2D eigenvalue weighted by Gasteiger charge is 2.46. The third kappa shape index (κ3) is 11.9. The quantitative estimate of drug-likeness (QED) is 0.0531. The molecule has 0 bridgehead atoms. The van der Waals surface area contributed by atoms with Crippen molar-refractivity contribution in [2.75, 3.05) is 76.2 Å². The first-order chi connectivity index (χ1) is 35.0. The molecule has 0 saturated carbocycles. The monoisotopic (exact) mass is 1000 g/mol. The largest absolute Gasteiger partial charge is 0.490 e. The first-order valence-corrected chi connectivity index (χ1v) is 25.0. The molecule has 0 spiro atoms. The number of hydrogen-bond donors (Lipinski definition) is 4. The van der Waals surface area contributed by atoms with Crippen LogP contribution in [-0.4, -0.2) is 141 Å². The maximum absolute atomic E-state index is 13.9. The van der Waals surface area contributed by atoms with E-state index < -0.39 is 51.6 Å². The maximum Gasteiger partial charge on any atom is 0.266 e. The highest BCUT2D eigenvalue weighted by atomic mass is 32.2. The lowest BCUT2D eigenvalue weighted by atomic mass is 10.0. The topological polar surface area (TPSA) is 255 Å². The predicted octanol–water partition coefficient (Wildman–Crippen LogP) is 3.20. The van der Waals surface area contributed by atoms with Crippen molar-refractivity contribution in [1.29, 1.82) is 0 Å². The summed E-state index contributed by atoms with van der Waals surface area (Å²) < 4.78 is 60.1. The number of amides is 5. The number of ether oxygens (including phenoxy) is 5. The van der Waals surface area contributed by atoms with Crippen molar-refractivity contribution in [1.82, 2.24) is 34.9 Å². The number of sulfonamides is 1. The molecule has 376 valence electrons. The number of carbonyl (C=O) groups is 5. The number of rotatable bonds is 23. The van der Waals surface area contributed by atoms with Gasteiger partial charge in [0.2, 0.25) is 27.7 Å². The number of fused-ring (bicyclic) bond motifs is 2. The number of carbonyl (C=O) groups excluding carboxylic acids is 5. The molecular formula is C50H53N9O12S. The van der Waals surface area contributed by atoms with Gasteiger partial charge in [0, 0.05) is 48.0 Å². The Bertz CT molecular complexity index is 3030. The lowest BCUT2D eigenvalue weighted by Gasteiger charge is -2.29. The van der Waals surface area contributed by atoms with Crippen molar-refractivity contribution in [2.24, 2.45) is 0 Å². The van der Waals surface area contributed by atoms with Crippen molar-refractivity contribution in [3.8, 4) is 5.75 Å². The fourth-order valence-electron chi connectivity index (χ4n) is 8.64. The van der Waals surface area contributed by atoms with E-state index in [-0.39, 0.29) is 80.7 Å². The Morgan fingerprint density at radius 1 is 0.833 bits per heavy atom. The molecule has 5 heterocycles. The zero-order chi connectivity index (χ0) is 50.0. The van der Waals surface area contributed by atoms with Gasteiger partial charge >= 0.3 is 0 Å². The van der Waals surface area contributed by atoms with Gasteiger partial charge in [0.15, 0.2) is 0 Å². The van der Waals surface area contributed by atoms with Crippen LogP contribution in [0.2, 0.25) is 0 Å². The van der Waals surface area contributed by atoms with Crippen LogP contribution >= 0.6 is 0 Å². The number of aromatic nitrogens is 4. The fraction of sp³-hybridized carbons (Fsp3) is 0.340. The molecule has 0 aliphatic carbocycles. The Balaban J connectivity index is 0.689. The molecule has 3 aliphatic heterocycles. The van der Waals surface area contributed by atoms with Gasteiger partial charge in [-0.25, -0.2) is 13.1 Å². The maximum atomic E-state index is 13.9. The van der Waals surface area contributed by atoms with Gasteiger partial charge < -0.3 is 38.9 Å². The van der Waals surface area contributed by atoms with Crippen LogP contribution in [-0.2, 0) is 62.9 Å². The second-order valence-corrected chi connectivity index (χ2v) is 18.9. The van der Waals surface area contributed by atoms with Crippen LogP contribution in [0.25, 0.3) is 10.9 Å². The molecule has 22 heteroatoms. The van der Waals surface area contributed by atoms with Crippen LogP contribution in [0.4, 0.5) is 11.4 Å². The number of morpholine rings is 1. The Morgan fingerprint density at radius 2 is 1.57 bits per heavy atom. The van der Waals surface area contributed by atoms with Crippen LogP contribution in [0.5, 0.6) is 5.75 Å². The van der Waals surface area contributed by atoms with E-state index in [0.717, 1.165) is 45.7 Å². The highest BCUT2D eigenvalue weighted by molar-refractivity contribution is 7.89. The van der Waals surface area contributed by atoms with Gasteiger partial charge in [-0.05, 0) is 78.6 Å². The average Bonchev–Trinajstić information content (AvgIpc) is 4.09. The Labute approximate surface area is 414 Å². The van der Waals surface area contributed by atoms with Gasteiger partial charge in [0.05, 0.1) is 81.6 Å². The number of anilines is 2. The minimum absolute atomic E-state index is 0.000322. The van der Waals surface area contributed by atoms with Crippen LogP contribution < -0.4 is 25.0 Å². The van der Waals surface area contributed by atoms with Crippen LogP contribution in [0.3, 0.4) is 0 Å². The normalized spacial score (nSPS) is 16.5. The number of imide groups is 2. The smallest absolute Gasteiger partial charge is 0.266 e. The van der Waals surface area contributed by atoms with Gasteiger partial charge in [-0.3, -0.25) is 34.2 Å². The number of H-pyrrole nitrogens is 1. The van der Waals surface area contributed by atoms with E-state index >= 15 is 0 Å². The third-order valence-corrected chi connectivity index (χ3v) is 13.8. The summed E-state index contributed by atoms with van der Waals surface area (Å²) in [6, 6.07) is 23.9. The highest BCUT2D eigenvalue weighted by Crippen LogP contribution is 2.34. The first-order valence-electron chi connectivity index (χ1n) is 23.5. The molecule has 6 aromatic rings. The van der Waals surface area contributed by atoms with Crippen molar-refractivity contribution in [3.63, 3.8) is 0 Å². The number of nitrogens with zero attached hydrogens (tertiary/aromatic N) is 5. The zero-order valence-electron chi connectivity index (χ0n) is 39.1. The van der Waals surface area contributed by atoms with Gasteiger partial charge in [0.25, 0.3) is 11.8 Å². The molecule has 2 unspecified atom stereocenters. The molecule has 2 fully saturated rings. The number of nitrogens with one attached hydrogen (secondary N) is 4. The molecule has 2 saturated heterocycles. The summed E-state index contributed by atoms with van der Waals surface area (Å²) in [7, 11) is -4.15. The van der Waals surface area contributed by atoms with E-state index in [1.165, 1.54) is 18.2 Å². The van der Waals surface area contributed by atoms with E-state index in [9.17, 15) is 32.4 Å². The average molecular weight is 1000 g/mol. The predicted molar refractivity (Wildman–Crippen MR) is 260 cm³/mol. The second kappa shape index (κ2) is 22.8. The first kappa shape index (κ1) is 49.6. The van der Waals surface area contributed by atoms with Gasteiger partial charge in [-0.2, -0.15) is 4.72 Å². The summed E-state index contributed by atoms with van der Waals surface area (Å²) in [6.45, 7) is 4.77. The Kier molecular flexibility index (Phi) is 15.7. The molecule has 4 aromatic carbocycles. The fourth-order valence-corrected chi connectivity index (χ4v) is 9.84. The molecule has 72 heavy (non-hydrogen) atoms. The number of benzene rings is 4. The molecule has 9 rings (SSSR count).